The maximum absolute atomic E-state index is 12.0. The molecule has 0 N–H and O–H groups in total. The van der Waals surface area contributed by atoms with Crippen LogP contribution in [0.5, 0.6) is 5.75 Å². The van der Waals surface area contributed by atoms with E-state index in [-0.39, 0.29) is 30.7 Å². The van der Waals surface area contributed by atoms with E-state index in [1.807, 2.05) is 26.8 Å². The predicted octanol–water partition coefficient (Wildman–Crippen LogP) is 2.92. The summed E-state index contributed by atoms with van der Waals surface area (Å²) in [7, 11) is 1.32. The lowest BCUT2D eigenvalue weighted by molar-refractivity contribution is -0.140. The number of Topliss-reactive ketones (excluding diaryl/α,β-unsaturated/α-hetero) is 1. The fraction of sp³-hybridized carbons (Fsp3) is 0.467. The van der Waals surface area contributed by atoms with Crippen molar-refractivity contribution in [2.45, 2.75) is 39.7 Å². The number of esters is 1. The second kappa shape index (κ2) is 6.92. The number of methoxy groups -OCH3 is 1. The number of hydrogen-bond acceptors (Lipinski definition) is 4. The first kappa shape index (κ1) is 15.2. The van der Waals surface area contributed by atoms with E-state index < -0.39 is 0 Å². The molecule has 0 saturated heterocycles. The van der Waals surface area contributed by atoms with E-state index in [1.54, 1.807) is 12.1 Å². The topological polar surface area (TPSA) is 52.6 Å². The van der Waals surface area contributed by atoms with Gasteiger partial charge in [-0.15, -0.1) is 0 Å². The molecule has 0 heterocycles. The van der Waals surface area contributed by atoms with Crippen molar-refractivity contribution < 1.29 is 19.1 Å². The molecule has 4 heteroatoms. The summed E-state index contributed by atoms with van der Waals surface area (Å²) in [4.78, 5) is 23.0. The summed E-state index contributed by atoms with van der Waals surface area (Å²) in [6, 6.07) is 5.36. The van der Waals surface area contributed by atoms with Gasteiger partial charge in [0.1, 0.15) is 5.75 Å². The summed E-state index contributed by atoms with van der Waals surface area (Å²) in [6.07, 6.45) is 0.372. The molecule has 0 amide bonds. The lowest BCUT2D eigenvalue weighted by atomic mass is 10.0. The molecule has 1 aromatic carbocycles. The third-order valence-electron chi connectivity index (χ3n) is 2.65. The van der Waals surface area contributed by atoms with Crippen LogP contribution in [0.1, 0.15) is 42.6 Å². The Balaban J connectivity index is 2.73. The van der Waals surface area contributed by atoms with Crippen LogP contribution in [-0.4, -0.2) is 25.0 Å². The lowest BCUT2D eigenvalue weighted by Crippen LogP contribution is -2.09. The largest absolute Gasteiger partial charge is 0.491 e. The van der Waals surface area contributed by atoms with Gasteiger partial charge in [0.25, 0.3) is 0 Å². The monoisotopic (exact) mass is 264 g/mol. The smallest absolute Gasteiger partial charge is 0.305 e. The molecule has 0 spiro atoms. The SMILES string of the molecule is COC(=O)CCC(=O)c1ccc(OC(C)C)cc1C. The van der Waals surface area contributed by atoms with Crippen molar-refractivity contribution in [3.63, 3.8) is 0 Å². The van der Waals surface area contributed by atoms with Gasteiger partial charge in [-0.25, -0.2) is 0 Å². The van der Waals surface area contributed by atoms with E-state index in [1.165, 1.54) is 7.11 Å². The minimum Gasteiger partial charge on any atom is -0.491 e. The van der Waals surface area contributed by atoms with Gasteiger partial charge in [0.2, 0.25) is 0 Å². The highest BCUT2D eigenvalue weighted by atomic mass is 16.5. The van der Waals surface area contributed by atoms with Crippen molar-refractivity contribution in [1.82, 2.24) is 0 Å². The van der Waals surface area contributed by atoms with Gasteiger partial charge in [0.15, 0.2) is 5.78 Å². The molecule has 4 nitrogen and oxygen atoms in total. The van der Waals surface area contributed by atoms with Gasteiger partial charge in [0, 0.05) is 12.0 Å². The van der Waals surface area contributed by atoms with Crippen molar-refractivity contribution in [2.75, 3.05) is 7.11 Å². The number of aryl methyl sites for hydroxylation is 1. The maximum atomic E-state index is 12.0. The molecule has 0 radical (unpaired) electrons. The van der Waals surface area contributed by atoms with Gasteiger partial charge in [-0.3, -0.25) is 9.59 Å². The zero-order valence-electron chi connectivity index (χ0n) is 11.9. The normalized spacial score (nSPS) is 10.4. The highest BCUT2D eigenvalue weighted by Gasteiger charge is 2.12. The highest BCUT2D eigenvalue weighted by molar-refractivity contribution is 5.98. The molecule has 0 saturated carbocycles. The Kier molecular flexibility index (Phi) is 5.55. The molecule has 1 rings (SSSR count). The van der Waals surface area contributed by atoms with E-state index in [0.29, 0.717) is 5.56 Å². The van der Waals surface area contributed by atoms with Gasteiger partial charge in [0.05, 0.1) is 19.6 Å². The average Bonchev–Trinajstić information content (AvgIpc) is 2.34. The van der Waals surface area contributed by atoms with Crippen molar-refractivity contribution in [1.29, 1.82) is 0 Å². The summed E-state index contributed by atoms with van der Waals surface area (Å²) >= 11 is 0. The number of rotatable bonds is 6. The Labute approximate surface area is 113 Å². The third kappa shape index (κ3) is 4.73. The molecular weight excluding hydrogens is 244 g/mol. The number of carbonyl (C=O) groups excluding carboxylic acids is 2. The number of benzene rings is 1. The van der Waals surface area contributed by atoms with E-state index in [2.05, 4.69) is 4.74 Å². The Morgan fingerprint density at radius 3 is 2.42 bits per heavy atom. The Morgan fingerprint density at radius 1 is 1.21 bits per heavy atom. The van der Waals surface area contributed by atoms with Crippen LogP contribution < -0.4 is 4.74 Å². The molecule has 104 valence electrons. The molecule has 0 aliphatic carbocycles. The number of ketones is 1. The zero-order chi connectivity index (χ0) is 14.4. The molecule has 0 fully saturated rings. The van der Waals surface area contributed by atoms with Gasteiger partial charge in [-0.1, -0.05) is 0 Å². The summed E-state index contributed by atoms with van der Waals surface area (Å²) in [5.74, 6) is 0.321. The zero-order valence-corrected chi connectivity index (χ0v) is 11.9. The second-order valence-corrected chi connectivity index (χ2v) is 4.64. The second-order valence-electron chi connectivity index (χ2n) is 4.64. The summed E-state index contributed by atoms with van der Waals surface area (Å²) in [6.45, 7) is 5.76. The molecule has 0 unspecified atom stereocenters. The molecule has 0 bridgehead atoms. The van der Waals surface area contributed by atoms with Crippen LogP contribution in [0.2, 0.25) is 0 Å². The first-order chi connectivity index (χ1) is 8.93. The molecule has 1 aromatic rings. The van der Waals surface area contributed by atoms with Crippen LogP contribution in [0.4, 0.5) is 0 Å². The van der Waals surface area contributed by atoms with Crippen molar-refractivity contribution in [3.05, 3.63) is 29.3 Å². The van der Waals surface area contributed by atoms with Crippen LogP contribution >= 0.6 is 0 Å². The van der Waals surface area contributed by atoms with Crippen LogP contribution in [0.25, 0.3) is 0 Å². The van der Waals surface area contributed by atoms with Gasteiger partial charge in [-0.2, -0.15) is 0 Å². The van der Waals surface area contributed by atoms with E-state index in [4.69, 9.17) is 4.74 Å². The molecule has 0 aromatic heterocycles. The van der Waals surface area contributed by atoms with Crippen molar-refractivity contribution in [2.24, 2.45) is 0 Å². The van der Waals surface area contributed by atoms with E-state index >= 15 is 0 Å². The highest BCUT2D eigenvalue weighted by Crippen LogP contribution is 2.20. The predicted molar refractivity (Wildman–Crippen MR) is 72.5 cm³/mol. The fourth-order valence-electron chi connectivity index (χ4n) is 1.75. The van der Waals surface area contributed by atoms with Crippen molar-refractivity contribution in [3.8, 4) is 5.75 Å². The average molecular weight is 264 g/mol. The third-order valence-corrected chi connectivity index (χ3v) is 2.65. The number of hydrogen-bond donors (Lipinski definition) is 0. The number of carbonyl (C=O) groups is 2. The first-order valence-electron chi connectivity index (χ1n) is 6.31. The number of ether oxygens (including phenoxy) is 2. The first-order valence-corrected chi connectivity index (χ1v) is 6.31. The summed E-state index contributed by atoms with van der Waals surface area (Å²) in [5, 5.41) is 0. The minimum atomic E-state index is -0.370. The van der Waals surface area contributed by atoms with Crippen LogP contribution in [0.15, 0.2) is 18.2 Å². The van der Waals surface area contributed by atoms with Gasteiger partial charge < -0.3 is 9.47 Å². The van der Waals surface area contributed by atoms with Gasteiger partial charge >= 0.3 is 5.97 Å². The lowest BCUT2D eigenvalue weighted by Gasteiger charge is -2.12. The standard InChI is InChI=1S/C15H20O4/c1-10(2)19-12-5-6-13(11(3)9-12)14(16)7-8-15(17)18-4/h5-6,9-10H,7-8H2,1-4H3. The minimum absolute atomic E-state index is 0.0565. The fourth-order valence-corrected chi connectivity index (χ4v) is 1.75. The Morgan fingerprint density at radius 2 is 1.89 bits per heavy atom. The maximum Gasteiger partial charge on any atom is 0.305 e. The Hall–Kier alpha value is -1.84. The van der Waals surface area contributed by atoms with Crippen LogP contribution in [0.3, 0.4) is 0 Å². The Bertz CT molecular complexity index is 463. The van der Waals surface area contributed by atoms with Crippen LogP contribution in [0, 0.1) is 6.92 Å². The summed E-state index contributed by atoms with van der Waals surface area (Å²) < 4.78 is 10.1. The van der Waals surface area contributed by atoms with Crippen LogP contribution in [-0.2, 0) is 9.53 Å². The molecule has 19 heavy (non-hydrogen) atoms. The molecule has 0 atom stereocenters. The quantitative estimate of drug-likeness (QED) is 0.585. The van der Waals surface area contributed by atoms with Crippen molar-refractivity contribution >= 4 is 11.8 Å². The summed E-state index contributed by atoms with van der Waals surface area (Å²) in [5.41, 5.74) is 1.48. The molecular formula is C15H20O4. The molecule has 0 aliphatic rings. The molecule has 0 aliphatic heterocycles. The van der Waals surface area contributed by atoms with E-state index in [0.717, 1.165) is 11.3 Å². The van der Waals surface area contributed by atoms with Gasteiger partial charge in [-0.05, 0) is 44.5 Å². The van der Waals surface area contributed by atoms with E-state index in [9.17, 15) is 9.59 Å².